The second-order valence-electron chi connectivity index (χ2n) is 5.02. The zero-order chi connectivity index (χ0) is 18.1. The molecule has 0 aliphatic rings. The minimum absolute atomic E-state index is 0.0276. The Labute approximate surface area is 136 Å². The number of rotatable bonds is 4. The Bertz CT molecular complexity index is 899. The summed E-state index contributed by atoms with van der Waals surface area (Å²) in [4.78, 5) is 11.5. The molecule has 0 aliphatic carbocycles. The molecular formula is C15H13F3N2O3S. The minimum atomic E-state index is -4.08. The smallest absolute Gasteiger partial charge is 0.255 e. The molecule has 0 atom stereocenters. The molecule has 2 aromatic rings. The normalized spacial score (nSPS) is 11.6. The van der Waals surface area contributed by atoms with Gasteiger partial charge >= 0.3 is 0 Å². The van der Waals surface area contributed by atoms with Gasteiger partial charge < -0.3 is 5.32 Å². The minimum Gasteiger partial charge on any atom is -0.322 e. The van der Waals surface area contributed by atoms with Crippen molar-refractivity contribution in [1.82, 2.24) is 4.31 Å². The van der Waals surface area contributed by atoms with Crippen LogP contribution in [0.4, 0.5) is 18.9 Å². The number of nitrogens with zero attached hydrogens (tertiary/aromatic N) is 1. The predicted octanol–water partition coefficient (Wildman–Crippen LogP) is 2.61. The number of anilines is 1. The quantitative estimate of drug-likeness (QED) is 0.914. The lowest BCUT2D eigenvalue weighted by molar-refractivity contribution is 0.102. The summed E-state index contributed by atoms with van der Waals surface area (Å²) < 4.78 is 64.7. The summed E-state index contributed by atoms with van der Waals surface area (Å²) in [6, 6.07) is 5.54. The van der Waals surface area contributed by atoms with Crippen LogP contribution in [-0.2, 0) is 10.0 Å². The topological polar surface area (TPSA) is 66.5 Å². The van der Waals surface area contributed by atoms with Gasteiger partial charge in [-0.3, -0.25) is 4.79 Å². The van der Waals surface area contributed by atoms with Gasteiger partial charge in [0, 0.05) is 31.4 Å². The molecule has 1 amide bonds. The van der Waals surface area contributed by atoms with Crippen molar-refractivity contribution in [2.24, 2.45) is 0 Å². The number of benzene rings is 2. The maximum atomic E-state index is 13.8. The van der Waals surface area contributed by atoms with Gasteiger partial charge in [0.25, 0.3) is 5.91 Å². The Kier molecular flexibility index (Phi) is 4.95. The zero-order valence-corrected chi connectivity index (χ0v) is 13.5. The Morgan fingerprint density at radius 2 is 1.58 bits per heavy atom. The largest absolute Gasteiger partial charge is 0.322 e. The first-order valence-corrected chi connectivity index (χ1v) is 8.05. The fourth-order valence-electron chi connectivity index (χ4n) is 1.82. The van der Waals surface area contributed by atoms with Gasteiger partial charge in [0.2, 0.25) is 10.0 Å². The molecule has 24 heavy (non-hydrogen) atoms. The second kappa shape index (κ2) is 6.62. The van der Waals surface area contributed by atoms with Gasteiger partial charge in [-0.1, -0.05) is 0 Å². The van der Waals surface area contributed by atoms with Crippen molar-refractivity contribution in [3.8, 4) is 0 Å². The van der Waals surface area contributed by atoms with Crippen LogP contribution in [0.25, 0.3) is 0 Å². The third-order valence-electron chi connectivity index (χ3n) is 3.13. The van der Waals surface area contributed by atoms with Crippen LogP contribution in [0.3, 0.4) is 0 Å². The molecular weight excluding hydrogens is 345 g/mol. The van der Waals surface area contributed by atoms with Crippen LogP contribution in [0.5, 0.6) is 0 Å². The summed E-state index contributed by atoms with van der Waals surface area (Å²) in [5, 5.41) is 2.28. The van der Waals surface area contributed by atoms with E-state index in [9.17, 15) is 26.4 Å². The first-order chi connectivity index (χ1) is 11.1. The van der Waals surface area contributed by atoms with E-state index in [4.69, 9.17) is 0 Å². The number of carbonyl (C=O) groups excluding carboxylic acids is 1. The maximum Gasteiger partial charge on any atom is 0.255 e. The van der Waals surface area contributed by atoms with E-state index in [1.165, 1.54) is 14.1 Å². The van der Waals surface area contributed by atoms with Crippen LogP contribution < -0.4 is 5.32 Å². The second-order valence-corrected chi connectivity index (χ2v) is 7.14. The predicted molar refractivity (Wildman–Crippen MR) is 81.6 cm³/mol. The van der Waals surface area contributed by atoms with Crippen LogP contribution in [0.2, 0.25) is 0 Å². The molecule has 0 aliphatic heterocycles. The van der Waals surface area contributed by atoms with E-state index < -0.39 is 38.3 Å². The molecule has 9 heteroatoms. The molecule has 0 bridgehead atoms. The Morgan fingerprint density at radius 1 is 0.958 bits per heavy atom. The van der Waals surface area contributed by atoms with Crippen molar-refractivity contribution in [3.63, 3.8) is 0 Å². The first-order valence-electron chi connectivity index (χ1n) is 6.61. The molecule has 1 N–H and O–H groups in total. The van der Waals surface area contributed by atoms with Crippen molar-refractivity contribution >= 4 is 21.6 Å². The van der Waals surface area contributed by atoms with Crippen LogP contribution in [0.1, 0.15) is 10.4 Å². The van der Waals surface area contributed by atoms with E-state index in [1.54, 1.807) is 0 Å². The molecule has 0 fully saturated rings. The summed E-state index contributed by atoms with van der Waals surface area (Å²) in [5.41, 5.74) is -0.179. The van der Waals surface area contributed by atoms with Crippen LogP contribution in [-0.4, -0.2) is 32.7 Å². The van der Waals surface area contributed by atoms with Gasteiger partial charge in [0.05, 0.1) is 0 Å². The molecule has 0 spiro atoms. The van der Waals surface area contributed by atoms with Crippen LogP contribution in [0, 0.1) is 17.5 Å². The Morgan fingerprint density at radius 3 is 2.17 bits per heavy atom. The number of carbonyl (C=O) groups is 1. The van der Waals surface area contributed by atoms with Crippen LogP contribution in [0.15, 0.2) is 41.3 Å². The number of hydrogen-bond acceptors (Lipinski definition) is 3. The molecule has 0 saturated carbocycles. The van der Waals surface area contributed by atoms with Crippen molar-refractivity contribution in [1.29, 1.82) is 0 Å². The van der Waals surface area contributed by atoms with E-state index in [-0.39, 0.29) is 11.3 Å². The van der Waals surface area contributed by atoms with E-state index in [0.29, 0.717) is 0 Å². The van der Waals surface area contributed by atoms with Crippen molar-refractivity contribution in [2.45, 2.75) is 4.90 Å². The van der Waals surface area contributed by atoms with Gasteiger partial charge in [0.1, 0.15) is 10.7 Å². The molecule has 0 heterocycles. The van der Waals surface area contributed by atoms with E-state index in [1.807, 2.05) is 0 Å². The lowest BCUT2D eigenvalue weighted by Crippen LogP contribution is -2.24. The highest BCUT2D eigenvalue weighted by molar-refractivity contribution is 7.89. The third-order valence-corrected chi connectivity index (χ3v) is 4.96. The molecule has 0 aromatic heterocycles. The average Bonchev–Trinajstić information content (AvgIpc) is 2.51. The fourth-order valence-corrected chi connectivity index (χ4v) is 2.80. The number of nitrogens with one attached hydrogen (secondary N) is 1. The molecule has 128 valence electrons. The highest BCUT2D eigenvalue weighted by Gasteiger charge is 2.23. The summed E-state index contributed by atoms with van der Waals surface area (Å²) in [6.07, 6.45) is 0. The summed E-state index contributed by atoms with van der Waals surface area (Å²) in [5.74, 6) is -4.03. The van der Waals surface area contributed by atoms with Gasteiger partial charge in [-0.2, -0.15) is 0 Å². The lowest BCUT2D eigenvalue weighted by Gasteiger charge is -2.13. The Hall–Kier alpha value is -2.39. The number of halogens is 3. The average molecular weight is 358 g/mol. The number of hydrogen-bond donors (Lipinski definition) is 1. The molecule has 2 rings (SSSR count). The van der Waals surface area contributed by atoms with E-state index in [0.717, 1.165) is 40.7 Å². The molecule has 2 aromatic carbocycles. The summed E-state index contributed by atoms with van der Waals surface area (Å²) >= 11 is 0. The van der Waals surface area contributed by atoms with Gasteiger partial charge in [-0.05, 0) is 30.3 Å². The highest BCUT2D eigenvalue weighted by atomic mass is 32.2. The molecule has 0 unspecified atom stereocenters. The van der Waals surface area contributed by atoms with Crippen molar-refractivity contribution in [3.05, 3.63) is 59.4 Å². The van der Waals surface area contributed by atoms with Gasteiger partial charge in [-0.15, -0.1) is 0 Å². The standard InChI is InChI=1S/C15H13F3N2O3S/c1-20(2)24(22,23)14-7-9(3-5-12(14)17)15(21)19-10-4-6-11(16)13(18)8-10/h3-8H,1-2H3,(H,19,21). The monoisotopic (exact) mass is 358 g/mol. The maximum absolute atomic E-state index is 13.8. The van der Waals surface area contributed by atoms with Crippen molar-refractivity contribution in [2.75, 3.05) is 19.4 Å². The number of sulfonamides is 1. The lowest BCUT2D eigenvalue weighted by atomic mass is 10.2. The number of amides is 1. The summed E-state index contributed by atoms with van der Waals surface area (Å²) in [7, 11) is -1.63. The van der Waals surface area contributed by atoms with E-state index in [2.05, 4.69) is 5.32 Å². The molecule has 0 radical (unpaired) electrons. The van der Waals surface area contributed by atoms with Gasteiger partial charge in [0.15, 0.2) is 11.6 Å². The van der Waals surface area contributed by atoms with Crippen LogP contribution >= 0.6 is 0 Å². The highest BCUT2D eigenvalue weighted by Crippen LogP contribution is 2.20. The van der Waals surface area contributed by atoms with Crippen molar-refractivity contribution < 1.29 is 26.4 Å². The van der Waals surface area contributed by atoms with Gasteiger partial charge in [-0.25, -0.2) is 25.9 Å². The first kappa shape index (κ1) is 18.0. The zero-order valence-electron chi connectivity index (χ0n) is 12.7. The fraction of sp³-hybridized carbons (Fsp3) is 0.133. The SMILES string of the molecule is CN(C)S(=O)(=O)c1cc(C(=O)Nc2ccc(F)c(F)c2)ccc1F. The third kappa shape index (κ3) is 3.57. The molecule has 5 nitrogen and oxygen atoms in total. The summed E-state index contributed by atoms with van der Waals surface area (Å²) in [6.45, 7) is 0. The molecule has 0 saturated heterocycles. The Balaban J connectivity index is 2.35. The van der Waals surface area contributed by atoms with E-state index >= 15 is 0 Å².